The summed E-state index contributed by atoms with van der Waals surface area (Å²) < 4.78 is 6.58. The van der Waals surface area contributed by atoms with Crippen LogP contribution in [0, 0.1) is 23.2 Å². The van der Waals surface area contributed by atoms with E-state index in [-0.39, 0.29) is 17.9 Å². The number of aliphatic hydroxyl groups excluding tert-OH is 1. The first-order valence-electron chi connectivity index (χ1n) is 13.7. The lowest BCUT2D eigenvalue weighted by molar-refractivity contribution is -0.137. The van der Waals surface area contributed by atoms with E-state index in [1.54, 1.807) is 0 Å². The quantitative estimate of drug-likeness (QED) is 0.310. The molecule has 3 aromatic carbocycles. The molecule has 5 rings (SSSR count). The maximum atomic E-state index is 13.2. The molecule has 2 fully saturated rings. The maximum Gasteiger partial charge on any atom is 0.250 e. The smallest absolute Gasteiger partial charge is 0.250 e. The van der Waals surface area contributed by atoms with E-state index in [2.05, 4.69) is 61.6 Å². The zero-order valence-electron chi connectivity index (χ0n) is 22.1. The van der Waals surface area contributed by atoms with Crippen molar-refractivity contribution in [3.63, 3.8) is 0 Å². The van der Waals surface area contributed by atoms with Gasteiger partial charge in [0.15, 0.2) is 0 Å². The predicted octanol–water partition coefficient (Wildman–Crippen LogP) is 6.49. The minimum absolute atomic E-state index is 0.219. The van der Waals surface area contributed by atoms with Crippen molar-refractivity contribution in [2.24, 2.45) is 11.8 Å². The fraction of sp³-hybridized carbons (Fsp3) is 0.394. The molecular formula is C33H36N2O3. The van der Waals surface area contributed by atoms with Crippen LogP contribution < -0.4 is 5.32 Å². The number of hydrogen-bond acceptors (Lipinski definition) is 4. The molecular weight excluding hydrogens is 472 g/mol. The second kappa shape index (κ2) is 11.1. The van der Waals surface area contributed by atoms with E-state index in [4.69, 9.17) is 4.74 Å². The summed E-state index contributed by atoms with van der Waals surface area (Å²) in [4.78, 5) is 13.2. The highest BCUT2D eigenvalue weighted by Crippen LogP contribution is 2.41. The third kappa shape index (κ3) is 6.15. The standard InChI is InChI=1S/C33H36N2O3/c1-22(2)20-29(32(37)35-33(21-34)18-19-33)38-31(27-6-4-3-5-7-27)28-16-10-24(11-17-28)23-8-12-25(13-9-23)30(36)26-14-15-26/h3-13,16-17,22,26,29-31,36H,14-15,18-20H2,1-2H3,(H,35,37)/t29-,30?,31?/m0/s1. The molecule has 0 aromatic heterocycles. The van der Waals surface area contributed by atoms with Crippen molar-refractivity contribution in [3.05, 3.63) is 95.6 Å². The molecule has 196 valence electrons. The summed E-state index contributed by atoms with van der Waals surface area (Å²) in [6, 6.07) is 28.6. The van der Waals surface area contributed by atoms with Crippen molar-refractivity contribution >= 4 is 5.91 Å². The average molecular weight is 509 g/mol. The number of amides is 1. The normalized spacial score (nSPS) is 18.3. The van der Waals surface area contributed by atoms with Crippen LogP contribution in [0.1, 0.15) is 74.8 Å². The molecule has 0 radical (unpaired) electrons. The average Bonchev–Trinajstić information content (AvgIpc) is 3.87. The highest BCUT2D eigenvalue weighted by atomic mass is 16.5. The van der Waals surface area contributed by atoms with Gasteiger partial charge in [-0.3, -0.25) is 4.79 Å². The van der Waals surface area contributed by atoms with E-state index >= 15 is 0 Å². The minimum atomic E-state index is -0.732. The lowest BCUT2D eigenvalue weighted by Gasteiger charge is -2.27. The molecule has 0 aliphatic heterocycles. The second-order valence-electron chi connectivity index (χ2n) is 11.3. The molecule has 2 N–H and O–H groups in total. The Bertz CT molecular complexity index is 1270. The number of benzene rings is 3. The van der Waals surface area contributed by atoms with Gasteiger partial charge in [0.25, 0.3) is 0 Å². The number of nitrogens with zero attached hydrogens (tertiary/aromatic N) is 1. The molecule has 3 atom stereocenters. The van der Waals surface area contributed by atoms with Gasteiger partial charge >= 0.3 is 0 Å². The Morgan fingerprint density at radius 2 is 1.50 bits per heavy atom. The summed E-state index contributed by atoms with van der Waals surface area (Å²) in [6.45, 7) is 4.14. The largest absolute Gasteiger partial charge is 0.388 e. The van der Waals surface area contributed by atoms with E-state index in [1.165, 1.54) is 0 Å². The molecule has 3 aromatic rings. The SMILES string of the molecule is CC(C)C[C@H](OC(c1ccccc1)c1ccc(-c2ccc(C(O)C3CC3)cc2)cc1)C(=O)NC1(C#N)CC1. The Morgan fingerprint density at radius 1 is 0.947 bits per heavy atom. The van der Waals surface area contributed by atoms with Crippen molar-refractivity contribution in [3.8, 4) is 17.2 Å². The van der Waals surface area contributed by atoms with Crippen LogP contribution in [-0.2, 0) is 9.53 Å². The van der Waals surface area contributed by atoms with Gasteiger partial charge in [-0.1, -0.05) is 92.7 Å². The van der Waals surface area contributed by atoms with Gasteiger partial charge in [0.2, 0.25) is 5.91 Å². The summed E-state index contributed by atoms with van der Waals surface area (Å²) in [5.41, 5.74) is 4.34. The van der Waals surface area contributed by atoms with Gasteiger partial charge in [0.1, 0.15) is 17.7 Å². The molecule has 2 aliphatic rings. The fourth-order valence-electron chi connectivity index (χ4n) is 4.91. The zero-order chi connectivity index (χ0) is 26.7. The lowest BCUT2D eigenvalue weighted by atomic mass is 9.96. The fourth-order valence-corrected chi connectivity index (χ4v) is 4.91. The highest BCUT2D eigenvalue weighted by molar-refractivity contribution is 5.82. The Balaban J connectivity index is 1.38. The third-order valence-electron chi connectivity index (χ3n) is 7.57. The molecule has 2 saturated carbocycles. The predicted molar refractivity (Wildman–Crippen MR) is 148 cm³/mol. The van der Waals surface area contributed by atoms with Crippen molar-refractivity contribution in [2.45, 2.75) is 69.8 Å². The Hall–Kier alpha value is -3.46. The monoisotopic (exact) mass is 508 g/mol. The topological polar surface area (TPSA) is 82.3 Å². The molecule has 5 nitrogen and oxygen atoms in total. The van der Waals surface area contributed by atoms with Gasteiger partial charge in [0, 0.05) is 0 Å². The molecule has 0 bridgehead atoms. The van der Waals surface area contributed by atoms with E-state index in [9.17, 15) is 15.2 Å². The van der Waals surface area contributed by atoms with Crippen LogP contribution in [0.25, 0.3) is 11.1 Å². The van der Waals surface area contributed by atoms with Crippen LogP contribution >= 0.6 is 0 Å². The molecule has 2 unspecified atom stereocenters. The van der Waals surface area contributed by atoms with Crippen LogP contribution in [-0.4, -0.2) is 22.7 Å². The number of carbonyl (C=O) groups excluding carboxylic acids is 1. The molecule has 0 saturated heterocycles. The Morgan fingerprint density at radius 3 is 2.00 bits per heavy atom. The summed E-state index contributed by atoms with van der Waals surface area (Å²) in [5, 5.41) is 22.8. The van der Waals surface area contributed by atoms with Crippen LogP contribution in [0.3, 0.4) is 0 Å². The van der Waals surface area contributed by atoms with Crippen LogP contribution in [0.4, 0.5) is 0 Å². The van der Waals surface area contributed by atoms with Gasteiger partial charge in [-0.2, -0.15) is 5.26 Å². The van der Waals surface area contributed by atoms with Crippen molar-refractivity contribution in [1.29, 1.82) is 5.26 Å². The zero-order valence-corrected chi connectivity index (χ0v) is 22.1. The molecule has 2 aliphatic carbocycles. The number of aliphatic hydroxyl groups is 1. The number of ether oxygens (including phenoxy) is 1. The van der Waals surface area contributed by atoms with E-state index < -0.39 is 17.7 Å². The second-order valence-corrected chi connectivity index (χ2v) is 11.3. The number of rotatable bonds is 11. The third-order valence-corrected chi connectivity index (χ3v) is 7.57. The number of nitrogens with one attached hydrogen (secondary N) is 1. The summed E-state index contributed by atoms with van der Waals surface area (Å²) in [5.74, 6) is 0.443. The van der Waals surface area contributed by atoms with Gasteiger partial charge in [-0.25, -0.2) is 0 Å². The van der Waals surface area contributed by atoms with Crippen LogP contribution in [0.5, 0.6) is 0 Å². The van der Waals surface area contributed by atoms with Crippen molar-refractivity contribution in [2.75, 3.05) is 0 Å². The minimum Gasteiger partial charge on any atom is -0.388 e. The maximum absolute atomic E-state index is 13.2. The number of nitriles is 1. The highest BCUT2D eigenvalue weighted by Gasteiger charge is 2.46. The van der Waals surface area contributed by atoms with E-state index in [1.807, 2.05) is 42.5 Å². The van der Waals surface area contributed by atoms with Crippen LogP contribution in [0.15, 0.2) is 78.9 Å². The van der Waals surface area contributed by atoms with Gasteiger partial charge < -0.3 is 15.2 Å². The number of carbonyl (C=O) groups is 1. The Kier molecular flexibility index (Phi) is 7.65. The van der Waals surface area contributed by atoms with E-state index in [0.717, 1.165) is 40.7 Å². The van der Waals surface area contributed by atoms with Crippen molar-refractivity contribution < 1.29 is 14.6 Å². The van der Waals surface area contributed by atoms with Gasteiger partial charge in [-0.05, 0) is 71.8 Å². The summed E-state index contributed by atoms with van der Waals surface area (Å²) in [7, 11) is 0. The van der Waals surface area contributed by atoms with Gasteiger partial charge in [0.05, 0.1) is 12.2 Å². The first-order chi connectivity index (χ1) is 18.4. The summed E-state index contributed by atoms with van der Waals surface area (Å²) >= 11 is 0. The lowest BCUT2D eigenvalue weighted by Crippen LogP contribution is -2.44. The van der Waals surface area contributed by atoms with Gasteiger partial charge in [-0.15, -0.1) is 0 Å². The molecule has 0 spiro atoms. The number of hydrogen-bond donors (Lipinski definition) is 2. The Labute approximate surface area is 225 Å². The van der Waals surface area contributed by atoms with Crippen LogP contribution in [0.2, 0.25) is 0 Å². The molecule has 5 heteroatoms. The van der Waals surface area contributed by atoms with E-state index in [0.29, 0.717) is 25.2 Å². The molecule has 1 amide bonds. The van der Waals surface area contributed by atoms with Crippen molar-refractivity contribution in [1.82, 2.24) is 5.32 Å². The first kappa shape index (κ1) is 26.2. The first-order valence-corrected chi connectivity index (χ1v) is 13.7. The molecule has 38 heavy (non-hydrogen) atoms. The molecule has 0 heterocycles. The summed E-state index contributed by atoms with van der Waals surface area (Å²) in [6.07, 6.45) is 2.69.